The molecule has 0 saturated carbocycles. The highest BCUT2D eigenvalue weighted by molar-refractivity contribution is 6.14. The molecule has 1 amide bonds. The number of imidazole rings is 1. The second kappa shape index (κ2) is 5.31. The van der Waals surface area contributed by atoms with Crippen LogP contribution in [0.2, 0.25) is 0 Å². The molecule has 0 aliphatic heterocycles. The molecule has 2 aromatic rings. The number of nitro groups is 1. The van der Waals surface area contributed by atoms with Gasteiger partial charge in [-0.25, -0.2) is 4.98 Å². The molecule has 20 heavy (non-hydrogen) atoms. The van der Waals surface area contributed by atoms with E-state index >= 15 is 0 Å². The van der Waals surface area contributed by atoms with Gasteiger partial charge in [-0.05, 0) is 6.07 Å². The molecule has 8 heteroatoms. The summed E-state index contributed by atoms with van der Waals surface area (Å²) in [6, 6.07) is 3.48. The highest BCUT2D eigenvalue weighted by Crippen LogP contribution is 2.20. The number of carbonyl (C=O) groups excluding carboxylic acids is 2. The fourth-order valence-corrected chi connectivity index (χ4v) is 1.68. The molecule has 8 nitrogen and oxygen atoms in total. The van der Waals surface area contributed by atoms with Crippen LogP contribution in [0.25, 0.3) is 0 Å². The van der Waals surface area contributed by atoms with E-state index in [-0.39, 0.29) is 22.6 Å². The molecule has 1 aromatic heterocycles. The lowest BCUT2D eigenvalue weighted by molar-refractivity contribution is -0.384. The van der Waals surface area contributed by atoms with Gasteiger partial charge in [0.1, 0.15) is 0 Å². The number of nitro benzene ring substituents is 1. The number of nitrogens with zero attached hydrogens (tertiary/aromatic N) is 2. The zero-order valence-corrected chi connectivity index (χ0v) is 10.4. The van der Waals surface area contributed by atoms with E-state index in [0.29, 0.717) is 0 Å². The van der Waals surface area contributed by atoms with Crippen LogP contribution in [0.1, 0.15) is 26.5 Å². The number of ketones is 1. The number of nitrogens with one attached hydrogen (secondary N) is 2. The van der Waals surface area contributed by atoms with E-state index in [1.807, 2.05) is 0 Å². The number of carbonyl (C=O) groups is 2. The first kappa shape index (κ1) is 13.4. The molecule has 0 aliphatic carbocycles. The summed E-state index contributed by atoms with van der Waals surface area (Å²) < 4.78 is 0. The van der Waals surface area contributed by atoms with E-state index in [9.17, 15) is 19.7 Å². The molecular weight excluding hydrogens is 264 g/mol. The summed E-state index contributed by atoms with van der Waals surface area (Å²) in [5.41, 5.74) is -0.291. The van der Waals surface area contributed by atoms with Crippen molar-refractivity contribution in [2.45, 2.75) is 0 Å². The van der Waals surface area contributed by atoms with Crippen LogP contribution in [0.3, 0.4) is 0 Å². The van der Waals surface area contributed by atoms with Crippen molar-refractivity contribution in [2.24, 2.45) is 0 Å². The zero-order valence-electron chi connectivity index (χ0n) is 10.4. The topological polar surface area (TPSA) is 118 Å². The van der Waals surface area contributed by atoms with Gasteiger partial charge in [-0.2, -0.15) is 0 Å². The van der Waals surface area contributed by atoms with Gasteiger partial charge in [0, 0.05) is 37.1 Å². The van der Waals surface area contributed by atoms with Gasteiger partial charge in [0.25, 0.3) is 11.6 Å². The van der Waals surface area contributed by atoms with E-state index in [1.54, 1.807) is 0 Å². The largest absolute Gasteiger partial charge is 0.355 e. The first-order valence-electron chi connectivity index (χ1n) is 5.59. The molecule has 1 heterocycles. The third-order valence-electron chi connectivity index (χ3n) is 2.64. The molecule has 0 bridgehead atoms. The van der Waals surface area contributed by atoms with Crippen molar-refractivity contribution >= 4 is 17.4 Å². The molecule has 102 valence electrons. The predicted molar refractivity (Wildman–Crippen MR) is 68.5 cm³/mol. The van der Waals surface area contributed by atoms with Crippen LogP contribution in [-0.4, -0.2) is 33.6 Å². The fraction of sp³-hybridized carbons (Fsp3) is 0.0833. The monoisotopic (exact) mass is 274 g/mol. The molecular formula is C12H10N4O4. The predicted octanol–water partition coefficient (Wildman–Crippen LogP) is 0.908. The van der Waals surface area contributed by atoms with Crippen molar-refractivity contribution in [2.75, 3.05) is 7.05 Å². The van der Waals surface area contributed by atoms with Gasteiger partial charge in [0.2, 0.25) is 5.78 Å². The van der Waals surface area contributed by atoms with Gasteiger partial charge in [-0.1, -0.05) is 0 Å². The number of hydrogen-bond donors (Lipinski definition) is 2. The van der Waals surface area contributed by atoms with E-state index in [2.05, 4.69) is 15.3 Å². The Morgan fingerprint density at radius 2 is 2.10 bits per heavy atom. The number of H-pyrrole nitrogens is 1. The van der Waals surface area contributed by atoms with Crippen LogP contribution < -0.4 is 5.32 Å². The lowest BCUT2D eigenvalue weighted by Crippen LogP contribution is -2.21. The van der Waals surface area contributed by atoms with Crippen molar-refractivity contribution in [1.82, 2.24) is 15.3 Å². The second-order valence-corrected chi connectivity index (χ2v) is 3.83. The van der Waals surface area contributed by atoms with E-state index in [0.717, 1.165) is 6.07 Å². The SMILES string of the molecule is CNC(=O)c1ccc([N+](=O)[O-])cc1C(=O)c1ncc[nH]1. The summed E-state index contributed by atoms with van der Waals surface area (Å²) >= 11 is 0. The maximum absolute atomic E-state index is 12.2. The Kier molecular flexibility index (Phi) is 3.56. The molecule has 0 fully saturated rings. The summed E-state index contributed by atoms with van der Waals surface area (Å²) in [6.45, 7) is 0. The smallest absolute Gasteiger partial charge is 0.270 e. The molecule has 0 radical (unpaired) electrons. The Bertz CT molecular complexity index is 679. The molecule has 0 unspecified atom stereocenters. The van der Waals surface area contributed by atoms with E-state index in [4.69, 9.17) is 0 Å². The van der Waals surface area contributed by atoms with Gasteiger partial charge in [0.05, 0.1) is 10.5 Å². The minimum atomic E-state index is -0.632. The van der Waals surface area contributed by atoms with Crippen LogP contribution in [0.4, 0.5) is 5.69 Å². The normalized spacial score (nSPS) is 10.1. The van der Waals surface area contributed by atoms with E-state index < -0.39 is 16.6 Å². The van der Waals surface area contributed by atoms with Gasteiger partial charge >= 0.3 is 0 Å². The van der Waals surface area contributed by atoms with Crippen LogP contribution >= 0.6 is 0 Å². The number of benzene rings is 1. The summed E-state index contributed by atoms with van der Waals surface area (Å²) in [7, 11) is 1.41. The number of aromatic nitrogens is 2. The minimum absolute atomic E-state index is 0.00986. The quantitative estimate of drug-likeness (QED) is 0.488. The second-order valence-electron chi connectivity index (χ2n) is 3.83. The maximum Gasteiger partial charge on any atom is 0.270 e. The number of non-ortho nitro benzene ring substituents is 1. The van der Waals surface area contributed by atoms with Gasteiger partial charge < -0.3 is 10.3 Å². The van der Waals surface area contributed by atoms with Gasteiger partial charge in [0.15, 0.2) is 5.82 Å². The number of rotatable bonds is 4. The minimum Gasteiger partial charge on any atom is -0.355 e. The third kappa shape index (κ3) is 2.39. The third-order valence-corrected chi connectivity index (χ3v) is 2.64. The van der Waals surface area contributed by atoms with Gasteiger partial charge in [-0.15, -0.1) is 0 Å². The summed E-state index contributed by atoms with van der Waals surface area (Å²) in [5, 5.41) is 13.2. The van der Waals surface area contributed by atoms with Crippen LogP contribution in [0.15, 0.2) is 30.6 Å². The summed E-state index contributed by atoms with van der Waals surface area (Å²) in [4.78, 5) is 40.5. The molecule has 2 rings (SSSR count). The maximum atomic E-state index is 12.2. The first-order valence-corrected chi connectivity index (χ1v) is 5.59. The van der Waals surface area contributed by atoms with Crippen molar-refractivity contribution < 1.29 is 14.5 Å². The molecule has 0 atom stereocenters. The van der Waals surface area contributed by atoms with Crippen LogP contribution in [0, 0.1) is 10.1 Å². The highest BCUT2D eigenvalue weighted by Gasteiger charge is 2.22. The lowest BCUT2D eigenvalue weighted by atomic mass is 10.0. The molecule has 0 aliphatic rings. The fourth-order valence-electron chi connectivity index (χ4n) is 1.68. The lowest BCUT2D eigenvalue weighted by Gasteiger charge is -2.06. The van der Waals surface area contributed by atoms with Gasteiger partial charge in [-0.3, -0.25) is 19.7 Å². The standard InChI is InChI=1S/C12H10N4O4/c1-13-12(18)8-3-2-7(16(19)20)6-9(8)10(17)11-14-4-5-15-11/h2-6H,1H3,(H,13,18)(H,14,15). The average Bonchev–Trinajstić information content (AvgIpc) is 2.99. The Balaban J connectivity index is 2.57. The zero-order chi connectivity index (χ0) is 14.7. The molecule has 0 spiro atoms. The van der Waals surface area contributed by atoms with Crippen molar-refractivity contribution in [3.05, 3.63) is 57.7 Å². The number of amides is 1. The highest BCUT2D eigenvalue weighted by atomic mass is 16.6. The number of hydrogen-bond acceptors (Lipinski definition) is 5. The first-order chi connectivity index (χ1) is 9.54. The van der Waals surface area contributed by atoms with Crippen LogP contribution in [0.5, 0.6) is 0 Å². The molecule has 1 aromatic carbocycles. The van der Waals surface area contributed by atoms with Crippen molar-refractivity contribution in [3.8, 4) is 0 Å². The Hall–Kier alpha value is -3.03. The Labute approximate surface area is 113 Å². The number of aromatic amines is 1. The Morgan fingerprint density at radius 1 is 1.35 bits per heavy atom. The molecule has 2 N–H and O–H groups in total. The summed E-state index contributed by atoms with van der Waals surface area (Å²) in [5.74, 6) is -1.08. The van der Waals surface area contributed by atoms with Crippen molar-refractivity contribution in [1.29, 1.82) is 0 Å². The van der Waals surface area contributed by atoms with E-state index in [1.165, 1.54) is 31.6 Å². The molecule has 0 saturated heterocycles. The summed E-state index contributed by atoms with van der Waals surface area (Å²) in [6.07, 6.45) is 2.83. The Morgan fingerprint density at radius 3 is 2.65 bits per heavy atom. The van der Waals surface area contributed by atoms with Crippen LogP contribution in [-0.2, 0) is 0 Å². The van der Waals surface area contributed by atoms with Crippen molar-refractivity contribution in [3.63, 3.8) is 0 Å². The average molecular weight is 274 g/mol.